The van der Waals surface area contributed by atoms with Gasteiger partial charge in [0.1, 0.15) is 6.04 Å². The van der Waals surface area contributed by atoms with Gasteiger partial charge in [-0.05, 0) is 25.3 Å². The highest BCUT2D eigenvalue weighted by atomic mass is 16.2. The molecule has 23 heavy (non-hydrogen) atoms. The van der Waals surface area contributed by atoms with E-state index in [0.717, 1.165) is 31.2 Å². The van der Waals surface area contributed by atoms with Gasteiger partial charge in [0.15, 0.2) is 0 Å². The highest BCUT2D eigenvalue weighted by Gasteiger charge is 2.25. The zero-order chi connectivity index (χ0) is 17.1. The molecule has 0 aromatic heterocycles. The molecule has 1 aromatic carbocycles. The molecular weight excluding hydrogens is 288 g/mol. The first kappa shape index (κ1) is 19.2. The second-order valence-electron chi connectivity index (χ2n) is 5.93. The Hall–Kier alpha value is -1.84. The summed E-state index contributed by atoms with van der Waals surface area (Å²) in [6.07, 6.45) is 4.48. The molecule has 0 aliphatic rings. The summed E-state index contributed by atoms with van der Waals surface area (Å²) in [5.41, 5.74) is 1.04. The number of amides is 2. The zero-order valence-electron chi connectivity index (χ0n) is 14.7. The summed E-state index contributed by atoms with van der Waals surface area (Å²) < 4.78 is 0. The van der Waals surface area contributed by atoms with Crippen LogP contribution in [0.5, 0.6) is 0 Å². The molecule has 0 saturated heterocycles. The standard InChI is InChI=1S/C19H30N2O2/c1-4-6-10-14-20-19(23)16(3)21(18(22)11-5-2)15-17-12-8-7-9-13-17/h7-9,12-13,16H,4-6,10-11,14-15H2,1-3H3,(H,20,23)/t16-/m1/s1. The number of nitrogens with one attached hydrogen (secondary N) is 1. The summed E-state index contributed by atoms with van der Waals surface area (Å²) in [7, 11) is 0. The molecule has 4 nitrogen and oxygen atoms in total. The fourth-order valence-electron chi connectivity index (χ4n) is 2.45. The van der Waals surface area contributed by atoms with Crippen LogP contribution in [0, 0.1) is 0 Å². The van der Waals surface area contributed by atoms with Crippen LogP contribution in [0.25, 0.3) is 0 Å². The third-order valence-corrected chi connectivity index (χ3v) is 3.91. The molecule has 0 heterocycles. The molecule has 0 bridgehead atoms. The summed E-state index contributed by atoms with van der Waals surface area (Å²) in [6, 6.07) is 9.37. The van der Waals surface area contributed by atoms with Gasteiger partial charge in [0.2, 0.25) is 11.8 Å². The van der Waals surface area contributed by atoms with Crippen molar-refractivity contribution in [2.45, 2.75) is 65.5 Å². The van der Waals surface area contributed by atoms with Crippen molar-refractivity contribution in [3.8, 4) is 0 Å². The van der Waals surface area contributed by atoms with Crippen molar-refractivity contribution >= 4 is 11.8 Å². The number of carbonyl (C=O) groups is 2. The Balaban J connectivity index is 2.70. The molecule has 0 radical (unpaired) electrons. The van der Waals surface area contributed by atoms with E-state index >= 15 is 0 Å². The van der Waals surface area contributed by atoms with Crippen LogP contribution in [0.15, 0.2) is 30.3 Å². The van der Waals surface area contributed by atoms with E-state index in [1.54, 1.807) is 4.90 Å². The predicted molar refractivity (Wildman–Crippen MR) is 93.9 cm³/mol. The van der Waals surface area contributed by atoms with E-state index in [-0.39, 0.29) is 11.8 Å². The van der Waals surface area contributed by atoms with Crippen LogP contribution in [0.3, 0.4) is 0 Å². The maximum absolute atomic E-state index is 12.4. The summed E-state index contributed by atoms with van der Waals surface area (Å²) >= 11 is 0. The average Bonchev–Trinajstić information content (AvgIpc) is 2.57. The van der Waals surface area contributed by atoms with Gasteiger partial charge < -0.3 is 10.2 Å². The average molecular weight is 318 g/mol. The number of hydrogen-bond acceptors (Lipinski definition) is 2. The Morgan fingerprint density at radius 3 is 2.39 bits per heavy atom. The minimum absolute atomic E-state index is 0.0348. The first-order valence-electron chi connectivity index (χ1n) is 8.71. The number of rotatable bonds is 10. The van der Waals surface area contributed by atoms with Crippen LogP contribution >= 0.6 is 0 Å². The lowest BCUT2D eigenvalue weighted by molar-refractivity contribution is -0.140. The minimum Gasteiger partial charge on any atom is -0.354 e. The molecule has 1 rings (SSSR count). The first-order valence-corrected chi connectivity index (χ1v) is 8.71. The molecule has 1 N–H and O–H groups in total. The Morgan fingerprint density at radius 1 is 1.09 bits per heavy atom. The van der Waals surface area contributed by atoms with Crippen molar-refractivity contribution in [1.29, 1.82) is 0 Å². The van der Waals surface area contributed by atoms with E-state index in [1.807, 2.05) is 44.2 Å². The molecule has 128 valence electrons. The smallest absolute Gasteiger partial charge is 0.242 e. The number of nitrogens with zero attached hydrogens (tertiary/aromatic N) is 1. The first-order chi connectivity index (χ1) is 11.1. The Kier molecular flexibility index (Phi) is 9.03. The summed E-state index contributed by atoms with van der Waals surface area (Å²) in [4.78, 5) is 26.4. The highest BCUT2D eigenvalue weighted by molar-refractivity contribution is 5.87. The number of hydrogen-bond donors (Lipinski definition) is 1. The van der Waals surface area contributed by atoms with Gasteiger partial charge in [-0.3, -0.25) is 9.59 Å². The third-order valence-electron chi connectivity index (χ3n) is 3.91. The van der Waals surface area contributed by atoms with E-state index in [4.69, 9.17) is 0 Å². The highest BCUT2D eigenvalue weighted by Crippen LogP contribution is 2.11. The van der Waals surface area contributed by atoms with E-state index < -0.39 is 6.04 Å². The number of unbranched alkanes of at least 4 members (excludes halogenated alkanes) is 2. The molecule has 1 atom stereocenters. The van der Waals surface area contributed by atoms with Gasteiger partial charge in [0.25, 0.3) is 0 Å². The van der Waals surface area contributed by atoms with Crippen molar-refractivity contribution in [1.82, 2.24) is 10.2 Å². The molecule has 0 aliphatic heterocycles. The van der Waals surface area contributed by atoms with Crippen molar-refractivity contribution in [3.05, 3.63) is 35.9 Å². The van der Waals surface area contributed by atoms with E-state index in [0.29, 0.717) is 19.5 Å². The van der Waals surface area contributed by atoms with Crippen LogP contribution in [-0.2, 0) is 16.1 Å². The molecule has 1 aromatic rings. The molecule has 0 spiro atoms. The van der Waals surface area contributed by atoms with Crippen LogP contribution in [0.1, 0.15) is 58.4 Å². The normalized spacial score (nSPS) is 11.8. The van der Waals surface area contributed by atoms with Crippen molar-refractivity contribution in [2.24, 2.45) is 0 Å². The van der Waals surface area contributed by atoms with Crippen LogP contribution in [0.4, 0.5) is 0 Å². The lowest BCUT2D eigenvalue weighted by atomic mass is 10.1. The maximum atomic E-state index is 12.4. The minimum atomic E-state index is -0.448. The Bertz CT molecular complexity index is 474. The van der Waals surface area contributed by atoms with E-state index in [9.17, 15) is 9.59 Å². The zero-order valence-corrected chi connectivity index (χ0v) is 14.7. The van der Waals surface area contributed by atoms with E-state index in [1.165, 1.54) is 0 Å². The van der Waals surface area contributed by atoms with Gasteiger partial charge in [-0.2, -0.15) is 0 Å². The molecule has 0 aliphatic carbocycles. The van der Waals surface area contributed by atoms with Gasteiger partial charge in [0.05, 0.1) is 0 Å². The molecule has 2 amide bonds. The van der Waals surface area contributed by atoms with Gasteiger partial charge in [0, 0.05) is 19.5 Å². The van der Waals surface area contributed by atoms with Crippen molar-refractivity contribution < 1.29 is 9.59 Å². The largest absolute Gasteiger partial charge is 0.354 e. The maximum Gasteiger partial charge on any atom is 0.242 e. The Labute approximate surface area is 140 Å². The molecule has 0 saturated carbocycles. The van der Waals surface area contributed by atoms with Crippen LogP contribution in [0.2, 0.25) is 0 Å². The summed E-state index contributed by atoms with van der Waals surface area (Å²) in [5.74, 6) is -0.0333. The second kappa shape index (κ2) is 10.8. The fraction of sp³-hybridized carbons (Fsp3) is 0.579. The third kappa shape index (κ3) is 6.85. The lowest BCUT2D eigenvalue weighted by Gasteiger charge is -2.28. The number of benzene rings is 1. The number of carbonyl (C=O) groups excluding carboxylic acids is 2. The molecule has 0 unspecified atom stereocenters. The summed E-state index contributed by atoms with van der Waals surface area (Å²) in [6.45, 7) is 7.08. The van der Waals surface area contributed by atoms with Gasteiger partial charge in [-0.15, -0.1) is 0 Å². The summed E-state index contributed by atoms with van der Waals surface area (Å²) in [5, 5.41) is 2.95. The second-order valence-corrected chi connectivity index (χ2v) is 5.93. The Morgan fingerprint density at radius 2 is 1.78 bits per heavy atom. The van der Waals surface area contributed by atoms with Gasteiger partial charge in [-0.25, -0.2) is 0 Å². The SMILES string of the molecule is CCCCCNC(=O)[C@@H](C)N(Cc1ccccc1)C(=O)CCC. The monoisotopic (exact) mass is 318 g/mol. The van der Waals surface area contributed by atoms with Crippen molar-refractivity contribution in [2.75, 3.05) is 6.54 Å². The van der Waals surface area contributed by atoms with Crippen LogP contribution < -0.4 is 5.32 Å². The predicted octanol–water partition coefficient (Wildman–Crippen LogP) is 3.51. The fourth-order valence-corrected chi connectivity index (χ4v) is 2.45. The van der Waals surface area contributed by atoms with Crippen molar-refractivity contribution in [3.63, 3.8) is 0 Å². The molecular formula is C19H30N2O2. The van der Waals surface area contributed by atoms with Gasteiger partial charge >= 0.3 is 0 Å². The van der Waals surface area contributed by atoms with Gasteiger partial charge in [-0.1, -0.05) is 57.0 Å². The topological polar surface area (TPSA) is 49.4 Å². The quantitative estimate of drug-likeness (QED) is 0.671. The van der Waals surface area contributed by atoms with Crippen LogP contribution in [-0.4, -0.2) is 29.3 Å². The lowest BCUT2D eigenvalue weighted by Crippen LogP contribution is -2.47. The van der Waals surface area contributed by atoms with E-state index in [2.05, 4.69) is 12.2 Å². The molecule has 4 heteroatoms. The molecule has 0 fully saturated rings.